The van der Waals surface area contributed by atoms with E-state index >= 15 is 0 Å². The highest BCUT2D eigenvalue weighted by atomic mass is 15.3. The number of rotatable bonds is 14. The highest BCUT2D eigenvalue weighted by molar-refractivity contribution is 4.60. The van der Waals surface area contributed by atoms with Crippen molar-refractivity contribution < 1.29 is 4.48 Å². The van der Waals surface area contributed by atoms with Crippen molar-refractivity contribution in [1.82, 2.24) is 0 Å². The van der Waals surface area contributed by atoms with Crippen molar-refractivity contribution in [3.05, 3.63) is 0 Å². The van der Waals surface area contributed by atoms with Gasteiger partial charge in [0.15, 0.2) is 0 Å². The van der Waals surface area contributed by atoms with Crippen LogP contribution in [0, 0.1) is 0 Å². The van der Waals surface area contributed by atoms with Gasteiger partial charge in [0.25, 0.3) is 0 Å². The van der Waals surface area contributed by atoms with E-state index < -0.39 is 0 Å². The van der Waals surface area contributed by atoms with Crippen molar-refractivity contribution in [2.45, 2.75) is 103 Å². The maximum atomic E-state index is 2.38. The first kappa shape index (κ1) is 20.0. The number of hydrogen-bond donors (Lipinski definition) is 0. The molecule has 0 aromatic rings. The van der Waals surface area contributed by atoms with E-state index in [2.05, 4.69) is 35.0 Å². The third kappa shape index (κ3) is 11.8. The maximum absolute atomic E-state index is 2.38. The fourth-order valence-corrected chi connectivity index (χ4v) is 3.06. The molecule has 0 aromatic carbocycles. The number of hydrogen-bond acceptors (Lipinski definition) is 0. The summed E-state index contributed by atoms with van der Waals surface area (Å²) in [4.78, 5) is 0. The third-order valence-electron chi connectivity index (χ3n) is 4.63. The lowest BCUT2D eigenvalue weighted by molar-refractivity contribution is -0.896. The van der Waals surface area contributed by atoms with E-state index in [1.807, 2.05) is 0 Å². The van der Waals surface area contributed by atoms with Crippen molar-refractivity contribution in [1.29, 1.82) is 0 Å². The van der Waals surface area contributed by atoms with Crippen LogP contribution in [0.4, 0.5) is 0 Å². The molecule has 0 amide bonds. The zero-order valence-corrected chi connectivity index (χ0v) is 15.2. The predicted molar refractivity (Wildman–Crippen MR) is 93.2 cm³/mol. The van der Waals surface area contributed by atoms with E-state index in [1.165, 1.54) is 83.5 Å². The van der Waals surface area contributed by atoms with Crippen LogP contribution in [0.2, 0.25) is 0 Å². The maximum Gasteiger partial charge on any atom is 0.0884 e. The molecule has 0 heterocycles. The van der Waals surface area contributed by atoms with Gasteiger partial charge in [0.05, 0.1) is 27.2 Å². The Kier molecular flexibility index (Phi) is 12.7. The predicted octanol–water partition coefficient (Wildman–Crippen LogP) is 6.17. The molecule has 0 aliphatic rings. The lowest BCUT2D eigenvalue weighted by Crippen LogP contribution is -2.45. The van der Waals surface area contributed by atoms with Crippen LogP contribution in [0.25, 0.3) is 0 Å². The van der Waals surface area contributed by atoms with Crippen molar-refractivity contribution in [2.75, 3.05) is 21.1 Å². The van der Waals surface area contributed by atoms with Crippen LogP contribution in [0.3, 0.4) is 0 Å². The van der Waals surface area contributed by atoms with Crippen molar-refractivity contribution in [3.63, 3.8) is 0 Å². The van der Waals surface area contributed by atoms with Crippen LogP contribution < -0.4 is 0 Å². The molecule has 0 spiro atoms. The first-order valence-corrected chi connectivity index (χ1v) is 9.33. The molecular weight excluding hydrogens is 242 g/mol. The minimum Gasteiger partial charge on any atom is -0.328 e. The Morgan fingerprint density at radius 1 is 0.550 bits per heavy atom. The lowest BCUT2D eigenvalue weighted by atomic mass is 9.98. The smallest absolute Gasteiger partial charge is 0.0884 e. The molecule has 1 heteroatoms. The van der Waals surface area contributed by atoms with Gasteiger partial charge in [-0.25, -0.2) is 0 Å². The Morgan fingerprint density at radius 3 is 1.30 bits per heavy atom. The van der Waals surface area contributed by atoms with Gasteiger partial charge in [0.2, 0.25) is 0 Å². The summed E-state index contributed by atoms with van der Waals surface area (Å²) in [6.45, 7) is 4.60. The lowest BCUT2D eigenvalue weighted by Gasteiger charge is -2.34. The van der Waals surface area contributed by atoms with Gasteiger partial charge in [-0.2, -0.15) is 0 Å². The molecule has 0 aliphatic heterocycles. The van der Waals surface area contributed by atoms with Gasteiger partial charge in [-0.3, -0.25) is 0 Å². The summed E-state index contributed by atoms with van der Waals surface area (Å²) < 4.78 is 1.15. The molecule has 0 saturated carbocycles. The summed E-state index contributed by atoms with van der Waals surface area (Å²) in [5.41, 5.74) is 0. The Balaban J connectivity index is 3.71. The molecule has 0 N–H and O–H groups in total. The van der Waals surface area contributed by atoms with Gasteiger partial charge in [-0.1, -0.05) is 71.6 Å². The summed E-state index contributed by atoms with van der Waals surface area (Å²) in [6, 6.07) is 0.877. The van der Waals surface area contributed by atoms with Gasteiger partial charge < -0.3 is 4.48 Å². The number of nitrogens with zero attached hydrogens (tertiary/aromatic N) is 1. The normalized spacial score (nSPS) is 13.7. The second-order valence-electron chi connectivity index (χ2n) is 7.53. The van der Waals surface area contributed by atoms with Crippen LogP contribution >= 0.6 is 0 Å². The van der Waals surface area contributed by atoms with E-state index in [0.29, 0.717) is 0 Å². The largest absolute Gasteiger partial charge is 0.328 e. The van der Waals surface area contributed by atoms with Crippen molar-refractivity contribution in [2.24, 2.45) is 0 Å². The van der Waals surface area contributed by atoms with Crippen molar-refractivity contribution in [3.8, 4) is 0 Å². The first-order chi connectivity index (χ1) is 9.52. The molecule has 1 atom stereocenters. The Morgan fingerprint density at radius 2 is 0.900 bits per heavy atom. The second kappa shape index (κ2) is 12.7. The summed E-state index contributed by atoms with van der Waals surface area (Å²) >= 11 is 0. The SMILES string of the molecule is CCCCCCCCCC(CCCCCC)[N+](C)(C)C. The van der Waals surface area contributed by atoms with Crippen LogP contribution in [0.5, 0.6) is 0 Å². The molecule has 1 unspecified atom stereocenters. The summed E-state index contributed by atoms with van der Waals surface area (Å²) in [7, 11) is 7.14. The highest BCUT2D eigenvalue weighted by Gasteiger charge is 2.22. The van der Waals surface area contributed by atoms with Gasteiger partial charge in [0.1, 0.15) is 0 Å². The second-order valence-corrected chi connectivity index (χ2v) is 7.53. The van der Waals surface area contributed by atoms with Crippen LogP contribution in [-0.2, 0) is 0 Å². The summed E-state index contributed by atoms with van der Waals surface area (Å²) in [5.74, 6) is 0. The Bertz CT molecular complexity index is 192. The van der Waals surface area contributed by atoms with Gasteiger partial charge >= 0.3 is 0 Å². The monoisotopic (exact) mass is 284 g/mol. The van der Waals surface area contributed by atoms with E-state index in [0.717, 1.165) is 10.5 Å². The van der Waals surface area contributed by atoms with Gasteiger partial charge in [0, 0.05) is 0 Å². The number of unbranched alkanes of at least 4 members (excludes halogenated alkanes) is 9. The highest BCUT2D eigenvalue weighted by Crippen LogP contribution is 2.20. The molecule has 1 nitrogen and oxygen atoms in total. The summed E-state index contributed by atoms with van der Waals surface area (Å²) in [6.07, 6.45) is 18.6. The van der Waals surface area contributed by atoms with Crippen LogP contribution in [0.15, 0.2) is 0 Å². The molecule has 122 valence electrons. The van der Waals surface area contributed by atoms with Crippen molar-refractivity contribution >= 4 is 0 Å². The molecule has 0 aromatic heterocycles. The topological polar surface area (TPSA) is 0 Å². The van der Waals surface area contributed by atoms with E-state index in [9.17, 15) is 0 Å². The van der Waals surface area contributed by atoms with Crippen LogP contribution in [0.1, 0.15) is 97.3 Å². The quantitative estimate of drug-likeness (QED) is 0.264. The fourth-order valence-electron chi connectivity index (χ4n) is 3.06. The zero-order chi connectivity index (χ0) is 15.3. The average Bonchev–Trinajstić information content (AvgIpc) is 2.38. The van der Waals surface area contributed by atoms with E-state index in [-0.39, 0.29) is 0 Å². The molecule has 0 fully saturated rings. The average molecular weight is 285 g/mol. The molecular formula is C19H42N+. The first-order valence-electron chi connectivity index (χ1n) is 9.33. The molecule has 0 rings (SSSR count). The molecule has 0 aliphatic carbocycles. The Hall–Kier alpha value is -0.0400. The van der Waals surface area contributed by atoms with E-state index in [4.69, 9.17) is 0 Å². The molecule has 0 bridgehead atoms. The summed E-state index contributed by atoms with van der Waals surface area (Å²) in [5, 5.41) is 0. The van der Waals surface area contributed by atoms with Gasteiger partial charge in [-0.15, -0.1) is 0 Å². The van der Waals surface area contributed by atoms with Gasteiger partial charge in [-0.05, 0) is 25.7 Å². The Labute approximate surface area is 129 Å². The molecule has 20 heavy (non-hydrogen) atoms. The third-order valence-corrected chi connectivity index (χ3v) is 4.63. The molecule has 0 saturated heterocycles. The minimum atomic E-state index is 0.877. The standard InChI is InChI=1S/C19H42N/c1-6-8-10-12-13-14-16-18-19(20(3,4)5)17-15-11-9-7-2/h19H,6-18H2,1-5H3/q+1. The zero-order valence-electron chi connectivity index (χ0n) is 15.2. The fraction of sp³-hybridized carbons (Fsp3) is 1.00. The number of quaternary nitrogens is 1. The van der Waals surface area contributed by atoms with E-state index in [1.54, 1.807) is 0 Å². The minimum absolute atomic E-state index is 0.877. The van der Waals surface area contributed by atoms with Crippen LogP contribution in [-0.4, -0.2) is 31.7 Å². The molecule has 0 radical (unpaired) electrons.